The molecule has 11 heteroatoms. The number of aryl methyl sites for hydroxylation is 1. The third-order valence-electron chi connectivity index (χ3n) is 7.44. The van der Waals surface area contributed by atoms with Gasteiger partial charge in [-0.15, -0.1) is 0 Å². The molecule has 1 fully saturated rings. The van der Waals surface area contributed by atoms with Gasteiger partial charge in [0.25, 0.3) is 0 Å². The number of pyridine rings is 3. The van der Waals surface area contributed by atoms with Crippen LogP contribution in [0.5, 0.6) is 0 Å². The molecule has 0 atom stereocenters. The van der Waals surface area contributed by atoms with E-state index in [1.54, 1.807) is 31.1 Å². The third kappa shape index (κ3) is 4.60. The van der Waals surface area contributed by atoms with Crippen molar-refractivity contribution in [3.8, 4) is 28.3 Å². The number of hydrogen-bond acceptors (Lipinski definition) is 7. The van der Waals surface area contributed by atoms with Crippen LogP contribution in [0.4, 0.5) is 5.69 Å². The predicted octanol–water partition coefficient (Wildman–Crippen LogP) is 4.39. The van der Waals surface area contributed by atoms with Gasteiger partial charge in [0, 0.05) is 53.1 Å². The minimum Gasteiger partial charge on any atom is -0.353 e. The Morgan fingerprint density at radius 2 is 1.93 bits per heavy atom. The molecular formula is C29H28N10O. The third-order valence-corrected chi connectivity index (χ3v) is 7.44. The molecule has 0 spiro atoms. The highest BCUT2D eigenvalue weighted by molar-refractivity contribution is 5.98. The second-order valence-electron chi connectivity index (χ2n) is 10.3. The first-order chi connectivity index (χ1) is 19.6. The number of H-pyrrole nitrogens is 2. The lowest BCUT2D eigenvalue weighted by Crippen LogP contribution is -2.30. The molecule has 6 aromatic heterocycles. The quantitative estimate of drug-likeness (QED) is 0.249. The topological polar surface area (TPSA) is 142 Å². The van der Waals surface area contributed by atoms with Crippen molar-refractivity contribution in [1.29, 1.82) is 0 Å². The lowest BCUT2D eigenvalue weighted by molar-refractivity contribution is -0.117. The Hall–Kier alpha value is -4.90. The Bertz CT molecular complexity index is 1840. The molecule has 4 N–H and O–H groups in total. The van der Waals surface area contributed by atoms with Gasteiger partial charge in [0.05, 0.1) is 28.8 Å². The number of hydrogen-bond donors (Lipinski definition) is 4. The van der Waals surface area contributed by atoms with E-state index < -0.39 is 0 Å². The maximum atomic E-state index is 12.7. The molecule has 0 aromatic carbocycles. The number of rotatable bonds is 6. The lowest BCUT2D eigenvalue weighted by Gasteiger charge is -2.21. The molecule has 0 saturated carbocycles. The number of nitrogens with one attached hydrogen (secondary N) is 4. The normalized spacial score (nSPS) is 14.2. The number of amides is 1. The van der Waals surface area contributed by atoms with Crippen molar-refractivity contribution in [1.82, 2.24) is 45.0 Å². The van der Waals surface area contributed by atoms with Gasteiger partial charge in [-0.25, -0.2) is 15.0 Å². The van der Waals surface area contributed by atoms with Crippen LogP contribution in [0.15, 0.2) is 61.6 Å². The number of nitrogens with zero attached hydrogens (tertiary/aromatic N) is 6. The Labute approximate surface area is 229 Å². The van der Waals surface area contributed by atoms with E-state index in [2.05, 4.69) is 51.8 Å². The average Bonchev–Trinajstić information content (AvgIpc) is 3.71. The number of carbonyl (C=O) groups excluding carboxylic acids is 1. The van der Waals surface area contributed by atoms with Crippen molar-refractivity contribution >= 4 is 33.5 Å². The van der Waals surface area contributed by atoms with Gasteiger partial charge < -0.3 is 15.6 Å². The molecule has 0 aliphatic carbocycles. The molecule has 1 saturated heterocycles. The zero-order chi connectivity index (χ0) is 27.1. The SMILES string of the molecule is Cc1cn(-c2nccc3[nH]c(-c4n[nH]c5ncc(-c6cncc(NC(=O)CC7CCNCC7)c6)cc45)cc23)cn1. The fourth-order valence-corrected chi connectivity index (χ4v) is 5.40. The van der Waals surface area contributed by atoms with Crippen LogP contribution in [0.3, 0.4) is 0 Å². The first-order valence-electron chi connectivity index (χ1n) is 13.4. The summed E-state index contributed by atoms with van der Waals surface area (Å²) in [5.41, 5.74) is 6.57. The van der Waals surface area contributed by atoms with Crippen LogP contribution in [-0.2, 0) is 4.79 Å². The van der Waals surface area contributed by atoms with Crippen molar-refractivity contribution in [3.05, 3.63) is 67.3 Å². The predicted molar refractivity (Wildman–Crippen MR) is 153 cm³/mol. The average molecular weight is 533 g/mol. The number of anilines is 1. The van der Waals surface area contributed by atoms with Crippen molar-refractivity contribution in [2.75, 3.05) is 18.4 Å². The smallest absolute Gasteiger partial charge is 0.224 e. The summed E-state index contributed by atoms with van der Waals surface area (Å²) in [7, 11) is 0. The summed E-state index contributed by atoms with van der Waals surface area (Å²) < 4.78 is 1.92. The van der Waals surface area contributed by atoms with Crippen LogP contribution in [-0.4, -0.2) is 58.7 Å². The van der Waals surface area contributed by atoms with Crippen LogP contribution in [0.25, 0.3) is 50.3 Å². The molecule has 0 unspecified atom stereocenters. The van der Waals surface area contributed by atoms with Crippen LogP contribution in [0.1, 0.15) is 25.0 Å². The summed E-state index contributed by atoms with van der Waals surface area (Å²) in [4.78, 5) is 34.1. The van der Waals surface area contributed by atoms with E-state index in [-0.39, 0.29) is 5.91 Å². The summed E-state index contributed by atoms with van der Waals surface area (Å²) in [6.45, 7) is 3.90. The molecule has 0 radical (unpaired) electrons. The molecular weight excluding hydrogens is 504 g/mol. The Morgan fingerprint density at radius 3 is 2.77 bits per heavy atom. The summed E-state index contributed by atoms with van der Waals surface area (Å²) in [6.07, 6.45) is 13.3. The maximum Gasteiger partial charge on any atom is 0.224 e. The standard InChI is InChI=1S/C29H28N10O/c1-17-15-39(16-34-17)29-22-11-25(36-24(22)4-7-32-29)27-23-10-20(13-33-28(23)38-37-27)19-9-21(14-31-12-19)35-26(40)8-18-2-5-30-6-3-18/h4,7,9-16,18,30,36H,2-3,5-6,8H2,1H3,(H,35,40)(H,33,37,38). The molecule has 6 aromatic rings. The first kappa shape index (κ1) is 24.2. The number of aromatic nitrogens is 8. The lowest BCUT2D eigenvalue weighted by atomic mass is 9.94. The van der Waals surface area contributed by atoms with Crippen molar-refractivity contribution in [2.24, 2.45) is 5.92 Å². The number of carbonyl (C=O) groups is 1. The summed E-state index contributed by atoms with van der Waals surface area (Å²) in [6, 6.07) is 7.98. The second kappa shape index (κ2) is 10.0. The van der Waals surface area contributed by atoms with Gasteiger partial charge in [-0.3, -0.25) is 19.4 Å². The van der Waals surface area contributed by atoms with E-state index in [1.165, 1.54) is 0 Å². The van der Waals surface area contributed by atoms with E-state index in [9.17, 15) is 4.79 Å². The number of imidazole rings is 1. The van der Waals surface area contributed by atoms with Crippen LogP contribution < -0.4 is 10.6 Å². The number of fused-ring (bicyclic) bond motifs is 2. The number of piperidine rings is 1. The molecule has 7 rings (SSSR count). The molecule has 1 aliphatic rings. The van der Waals surface area contributed by atoms with Gasteiger partial charge >= 0.3 is 0 Å². The minimum absolute atomic E-state index is 0.0232. The molecule has 11 nitrogen and oxygen atoms in total. The van der Waals surface area contributed by atoms with Crippen LogP contribution >= 0.6 is 0 Å². The zero-order valence-electron chi connectivity index (χ0n) is 22.0. The van der Waals surface area contributed by atoms with Crippen molar-refractivity contribution < 1.29 is 4.79 Å². The highest BCUT2D eigenvalue weighted by Gasteiger charge is 2.18. The number of aromatic amines is 2. The molecule has 7 heterocycles. The monoisotopic (exact) mass is 532 g/mol. The van der Waals surface area contributed by atoms with E-state index >= 15 is 0 Å². The molecule has 1 aliphatic heterocycles. The highest BCUT2D eigenvalue weighted by atomic mass is 16.1. The van der Waals surface area contributed by atoms with E-state index in [0.717, 1.165) is 76.2 Å². The van der Waals surface area contributed by atoms with E-state index in [0.29, 0.717) is 23.7 Å². The van der Waals surface area contributed by atoms with Gasteiger partial charge in [0.2, 0.25) is 5.91 Å². The van der Waals surface area contributed by atoms with Gasteiger partial charge in [0.15, 0.2) is 5.65 Å². The fraction of sp³-hybridized carbons (Fsp3) is 0.241. The molecule has 0 bridgehead atoms. The first-order valence-corrected chi connectivity index (χ1v) is 13.4. The van der Waals surface area contributed by atoms with Gasteiger partial charge in [0.1, 0.15) is 17.8 Å². The second-order valence-corrected chi connectivity index (χ2v) is 10.3. The van der Waals surface area contributed by atoms with Crippen molar-refractivity contribution in [3.63, 3.8) is 0 Å². The summed E-state index contributed by atoms with van der Waals surface area (Å²) in [5.74, 6) is 1.24. The molecule has 1 amide bonds. The Kier molecular flexibility index (Phi) is 6.05. The van der Waals surface area contributed by atoms with E-state index in [1.807, 2.05) is 35.9 Å². The Balaban J connectivity index is 1.19. The Morgan fingerprint density at radius 1 is 1.05 bits per heavy atom. The zero-order valence-corrected chi connectivity index (χ0v) is 22.0. The van der Waals surface area contributed by atoms with Crippen LogP contribution in [0.2, 0.25) is 0 Å². The fourth-order valence-electron chi connectivity index (χ4n) is 5.40. The minimum atomic E-state index is 0.0232. The summed E-state index contributed by atoms with van der Waals surface area (Å²) in [5, 5.41) is 15.8. The van der Waals surface area contributed by atoms with E-state index in [4.69, 9.17) is 0 Å². The van der Waals surface area contributed by atoms with Gasteiger partial charge in [-0.2, -0.15) is 5.10 Å². The molecule has 40 heavy (non-hydrogen) atoms. The summed E-state index contributed by atoms with van der Waals surface area (Å²) >= 11 is 0. The highest BCUT2D eigenvalue weighted by Crippen LogP contribution is 2.32. The molecule has 200 valence electrons. The van der Waals surface area contributed by atoms with Crippen LogP contribution in [0, 0.1) is 12.8 Å². The largest absolute Gasteiger partial charge is 0.353 e. The van der Waals surface area contributed by atoms with Crippen molar-refractivity contribution in [2.45, 2.75) is 26.2 Å². The maximum absolute atomic E-state index is 12.7. The van der Waals surface area contributed by atoms with Gasteiger partial charge in [-0.1, -0.05) is 0 Å². The van der Waals surface area contributed by atoms with Gasteiger partial charge in [-0.05, 0) is 63.0 Å².